The molecule has 0 bridgehead atoms. The van der Waals surface area contributed by atoms with Gasteiger partial charge in [-0.25, -0.2) is 0 Å². The summed E-state index contributed by atoms with van der Waals surface area (Å²) >= 11 is 0. The van der Waals surface area contributed by atoms with E-state index in [0.717, 1.165) is 0 Å². The van der Waals surface area contributed by atoms with E-state index in [9.17, 15) is 14.7 Å². The molecule has 0 saturated heterocycles. The quantitative estimate of drug-likeness (QED) is 0.461. The maximum atomic E-state index is 14.0. The van der Waals surface area contributed by atoms with Crippen LogP contribution in [0.3, 0.4) is 0 Å². The van der Waals surface area contributed by atoms with Gasteiger partial charge in [-0.1, -0.05) is 42.5 Å². The molecule has 1 fully saturated rings. The maximum absolute atomic E-state index is 14.0. The molecule has 1 N–H and O–H groups in total. The molecule has 5 rings (SSSR count). The van der Waals surface area contributed by atoms with Gasteiger partial charge in [-0.15, -0.1) is 0 Å². The number of esters is 1. The summed E-state index contributed by atoms with van der Waals surface area (Å²) in [6.07, 6.45) is 0. The summed E-state index contributed by atoms with van der Waals surface area (Å²) in [5.41, 5.74) is -2.31. The lowest BCUT2D eigenvalue weighted by molar-refractivity contribution is -0.155. The van der Waals surface area contributed by atoms with Crippen LogP contribution < -0.4 is 14.2 Å². The lowest BCUT2D eigenvalue weighted by Gasteiger charge is -2.39. The zero-order valence-electron chi connectivity index (χ0n) is 19.0. The summed E-state index contributed by atoms with van der Waals surface area (Å²) < 4.78 is 22.3. The van der Waals surface area contributed by atoms with Crippen molar-refractivity contribution in [3.63, 3.8) is 0 Å². The van der Waals surface area contributed by atoms with Gasteiger partial charge in [0.25, 0.3) is 0 Å². The van der Waals surface area contributed by atoms with Gasteiger partial charge in [-0.05, 0) is 29.8 Å². The fourth-order valence-electron chi connectivity index (χ4n) is 5.42. The lowest BCUT2D eigenvalue weighted by Crippen LogP contribution is -2.50. The molecule has 3 aromatic rings. The largest absolute Gasteiger partial charge is 0.497 e. The summed E-state index contributed by atoms with van der Waals surface area (Å²) in [5, 5.41) is 12.3. The first-order valence-electron chi connectivity index (χ1n) is 10.8. The number of hydrogen-bond donors (Lipinski definition) is 1. The smallest absolute Gasteiger partial charge is 0.317 e. The van der Waals surface area contributed by atoms with Crippen LogP contribution in [-0.2, 0) is 25.5 Å². The van der Waals surface area contributed by atoms with Crippen molar-refractivity contribution in [3.8, 4) is 17.2 Å². The zero-order chi connectivity index (χ0) is 24.1. The third-order valence-electron chi connectivity index (χ3n) is 6.93. The van der Waals surface area contributed by atoms with Crippen LogP contribution in [-0.4, -0.2) is 38.2 Å². The van der Waals surface area contributed by atoms with Crippen molar-refractivity contribution in [1.29, 1.82) is 0 Å². The molecule has 4 atom stereocenters. The topological polar surface area (TPSA) is 91.3 Å². The second kappa shape index (κ2) is 7.88. The second-order valence-electron chi connectivity index (χ2n) is 8.39. The number of benzene rings is 3. The Hall–Kier alpha value is -3.84. The van der Waals surface area contributed by atoms with Gasteiger partial charge in [0.05, 0.1) is 27.2 Å². The molecule has 1 aliphatic heterocycles. The predicted octanol–water partition coefficient (Wildman–Crippen LogP) is 3.34. The van der Waals surface area contributed by atoms with Crippen molar-refractivity contribution in [1.82, 2.24) is 0 Å². The highest BCUT2D eigenvalue weighted by atomic mass is 16.5. The van der Waals surface area contributed by atoms with Crippen LogP contribution in [0.15, 0.2) is 72.8 Å². The molecule has 1 aliphatic carbocycles. The highest BCUT2D eigenvalue weighted by Crippen LogP contribution is 2.67. The number of fused-ring (bicyclic) bond motifs is 3. The summed E-state index contributed by atoms with van der Waals surface area (Å²) in [6.45, 7) is 0. The summed E-state index contributed by atoms with van der Waals surface area (Å²) in [6, 6.07) is 21.0. The first-order valence-corrected chi connectivity index (χ1v) is 10.8. The van der Waals surface area contributed by atoms with Gasteiger partial charge in [0.2, 0.25) is 0 Å². The van der Waals surface area contributed by atoms with Crippen molar-refractivity contribution in [3.05, 3.63) is 89.5 Å². The molecule has 2 aliphatic rings. The average molecular weight is 460 g/mol. The molecule has 7 nitrogen and oxygen atoms in total. The van der Waals surface area contributed by atoms with Crippen molar-refractivity contribution >= 4 is 11.8 Å². The van der Waals surface area contributed by atoms with E-state index in [1.165, 1.54) is 14.2 Å². The fourth-order valence-corrected chi connectivity index (χ4v) is 5.42. The van der Waals surface area contributed by atoms with Crippen LogP contribution in [0.4, 0.5) is 0 Å². The van der Waals surface area contributed by atoms with Gasteiger partial charge in [0.1, 0.15) is 23.2 Å². The molecule has 0 radical (unpaired) electrons. The van der Waals surface area contributed by atoms with Crippen molar-refractivity contribution < 1.29 is 33.6 Å². The van der Waals surface area contributed by atoms with E-state index in [2.05, 4.69) is 0 Å². The Bertz CT molecular complexity index is 1250. The number of aliphatic hydroxyl groups is 1. The Morgan fingerprint density at radius 3 is 2.18 bits per heavy atom. The van der Waals surface area contributed by atoms with Gasteiger partial charge >= 0.3 is 5.97 Å². The number of carbonyl (C=O) groups excluding carboxylic acids is 2. The minimum Gasteiger partial charge on any atom is -0.497 e. The molecule has 174 valence electrons. The van der Waals surface area contributed by atoms with E-state index in [4.69, 9.17) is 18.9 Å². The summed E-state index contributed by atoms with van der Waals surface area (Å²) in [5.74, 6) is -2.12. The number of ketones is 1. The van der Waals surface area contributed by atoms with Crippen LogP contribution in [0.25, 0.3) is 0 Å². The summed E-state index contributed by atoms with van der Waals surface area (Å²) in [4.78, 5) is 27.0. The number of hydrogen-bond acceptors (Lipinski definition) is 7. The molecular formula is C27H24O7. The predicted molar refractivity (Wildman–Crippen MR) is 122 cm³/mol. The molecule has 0 aromatic heterocycles. The third-order valence-corrected chi connectivity index (χ3v) is 6.93. The molecule has 1 saturated carbocycles. The van der Waals surface area contributed by atoms with Crippen LogP contribution in [0.5, 0.6) is 17.2 Å². The Balaban J connectivity index is 1.85. The van der Waals surface area contributed by atoms with E-state index in [1.54, 1.807) is 49.6 Å². The van der Waals surface area contributed by atoms with Crippen LogP contribution in [0, 0.1) is 5.92 Å². The van der Waals surface area contributed by atoms with Gasteiger partial charge in [0, 0.05) is 17.2 Å². The minimum atomic E-state index is -2.15. The first-order chi connectivity index (χ1) is 16.4. The van der Waals surface area contributed by atoms with Crippen molar-refractivity contribution in [2.45, 2.75) is 17.1 Å². The van der Waals surface area contributed by atoms with Gasteiger partial charge in [0.15, 0.2) is 17.0 Å². The lowest BCUT2D eigenvalue weighted by atomic mass is 9.71. The molecule has 0 unspecified atom stereocenters. The Morgan fingerprint density at radius 1 is 0.912 bits per heavy atom. The molecule has 3 aromatic carbocycles. The van der Waals surface area contributed by atoms with E-state index in [-0.39, 0.29) is 5.56 Å². The molecule has 34 heavy (non-hydrogen) atoms. The number of ether oxygens (including phenoxy) is 4. The van der Waals surface area contributed by atoms with Crippen molar-refractivity contribution in [2.75, 3.05) is 21.3 Å². The average Bonchev–Trinajstić information content (AvgIpc) is 3.26. The molecule has 0 amide bonds. The van der Waals surface area contributed by atoms with Crippen LogP contribution in [0.2, 0.25) is 0 Å². The van der Waals surface area contributed by atoms with Crippen LogP contribution in [0.1, 0.15) is 22.6 Å². The molecule has 1 heterocycles. The Kier molecular flexibility index (Phi) is 5.10. The Labute approximate surface area is 196 Å². The first kappa shape index (κ1) is 22.0. The van der Waals surface area contributed by atoms with Gasteiger partial charge < -0.3 is 24.1 Å². The second-order valence-corrected chi connectivity index (χ2v) is 8.39. The van der Waals surface area contributed by atoms with E-state index in [0.29, 0.717) is 28.4 Å². The van der Waals surface area contributed by atoms with E-state index < -0.39 is 34.8 Å². The standard InChI is InChI=1S/C27H24O7/c1-31-18-11-9-17(10-12-18)27-23(16-7-5-4-6-8-16)22(25(29)33-3)24(28)26(27,30)20-14-13-19(32-2)15-21(20)34-27/h4-15,22-23,30H,1-3H3/t22-,23-,26+,27+/m1/s1. The van der Waals surface area contributed by atoms with E-state index >= 15 is 0 Å². The van der Waals surface area contributed by atoms with Crippen LogP contribution >= 0.6 is 0 Å². The van der Waals surface area contributed by atoms with Gasteiger partial charge in [-0.3, -0.25) is 9.59 Å². The molecular weight excluding hydrogens is 436 g/mol. The number of Topliss-reactive ketones (excluding diaryl/α,β-unsaturated/α-hetero) is 1. The SMILES string of the molecule is COC(=O)[C@H]1C(=O)[C@@]2(O)c3ccc(OC)cc3O[C@@]2(c2ccc(OC)cc2)[C@@H]1c1ccccc1. The zero-order valence-corrected chi connectivity index (χ0v) is 19.0. The third kappa shape index (κ3) is 2.73. The normalized spacial score (nSPS) is 26.9. The fraction of sp³-hybridized carbons (Fsp3) is 0.259. The minimum absolute atomic E-state index is 0.279. The molecule has 0 spiro atoms. The Morgan fingerprint density at radius 2 is 1.56 bits per heavy atom. The summed E-state index contributed by atoms with van der Waals surface area (Å²) in [7, 11) is 4.31. The monoisotopic (exact) mass is 460 g/mol. The molecule has 7 heteroatoms. The van der Waals surface area contributed by atoms with Crippen molar-refractivity contribution in [2.24, 2.45) is 5.92 Å². The number of carbonyl (C=O) groups is 2. The van der Waals surface area contributed by atoms with E-state index in [1.807, 2.05) is 30.3 Å². The maximum Gasteiger partial charge on any atom is 0.317 e. The number of methoxy groups -OCH3 is 3. The highest BCUT2D eigenvalue weighted by molar-refractivity contribution is 6.09. The van der Waals surface area contributed by atoms with Gasteiger partial charge in [-0.2, -0.15) is 0 Å². The highest BCUT2D eigenvalue weighted by Gasteiger charge is 2.78. The number of rotatable bonds is 5.